The fourth-order valence-corrected chi connectivity index (χ4v) is 3.03. The molecule has 2 atom stereocenters. The van der Waals surface area contributed by atoms with Crippen LogP contribution >= 0.6 is 11.6 Å². The van der Waals surface area contributed by atoms with Crippen molar-refractivity contribution in [1.82, 2.24) is 5.32 Å². The van der Waals surface area contributed by atoms with Gasteiger partial charge in [-0.25, -0.2) is 0 Å². The van der Waals surface area contributed by atoms with Gasteiger partial charge in [0.1, 0.15) is 0 Å². The molecule has 1 heterocycles. The van der Waals surface area contributed by atoms with E-state index in [-0.39, 0.29) is 0 Å². The second kappa shape index (κ2) is 8.66. The molecule has 0 bridgehead atoms. The van der Waals surface area contributed by atoms with Gasteiger partial charge in [0.2, 0.25) is 0 Å². The molecule has 1 aromatic rings. The van der Waals surface area contributed by atoms with Crippen molar-refractivity contribution in [1.29, 1.82) is 0 Å². The Morgan fingerprint density at radius 2 is 2.25 bits per heavy atom. The van der Waals surface area contributed by atoms with E-state index in [1.807, 2.05) is 12.1 Å². The summed E-state index contributed by atoms with van der Waals surface area (Å²) in [5.41, 5.74) is 1.25. The lowest BCUT2D eigenvalue weighted by molar-refractivity contribution is 0.0995. The second-order valence-electron chi connectivity index (χ2n) is 5.66. The summed E-state index contributed by atoms with van der Waals surface area (Å²) in [6.07, 6.45) is 7.43. The maximum absolute atomic E-state index is 6.28. The first kappa shape index (κ1) is 15.8. The molecule has 0 aliphatic carbocycles. The van der Waals surface area contributed by atoms with Gasteiger partial charge in [-0.15, -0.1) is 0 Å². The van der Waals surface area contributed by atoms with Crippen LogP contribution in [0.3, 0.4) is 0 Å². The van der Waals surface area contributed by atoms with Gasteiger partial charge >= 0.3 is 0 Å². The van der Waals surface area contributed by atoms with Gasteiger partial charge in [-0.05, 0) is 56.7 Å². The van der Waals surface area contributed by atoms with Crippen LogP contribution in [-0.2, 0) is 11.2 Å². The van der Waals surface area contributed by atoms with Gasteiger partial charge in [0.25, 0.3) is 0 Å². The van der Waals surface area contributed by atoms with E-state index in [1.165, 1.54) is 24.8 Å². The largest absolute Gasteiger partial charge is 0.378 e. The molecular formula is C17H26ClNO. The molecular weight excluding hydrogens is 270 g/mol. The molecule has 2 unspecified atom stereocenters. The summed E-state index contributed by atoms with van der Waals surface area (Å²) in [6.45, 7) is 4.22. The van der Waals surface area contributed by atoms with E-state index >= 15 is 0 Å². The van der Waals surface area contributed by atoms with Gasteiger partial charge in [-0.2, -0.15) is 0 Å². The SMILES string of the molecule is CCCNC(CCC1CCCO1)Cc1ccccc1Cl. The smallest absolute Gasteiger partial charge is 0.0576 e. The molecule has 0 radical (unpaired) electrons. The van der Waals surface area contributed by atoms with E-state index in [0.717, 1.165) is 37.4 Å². The molecule has 112 valence electrons. The zero-order valence-electron chi connectivity index (χ0n) is 12.4. The van der Waals surface area contributed by atoms with Crippen LogP contribution in [0, 0.1) is 0 Å². The van der Waals surface area contributed by atoms with E-state index in [2.05, 4.69) is 24.4 Å². The van der Waals surface area contributed by atoms with Crippen LogP contribution in [0.15, 0.2) is 24.3 Å². The molecule has 0 aromatic heterocycles. The summed E-state index contributed by atoms with van der Waals surface area (Å²) in [5.74, 6) is 0. The summed E-state index contributed by atoms with van der Waals surface area (Å²) < 4.78 is 5.73. The minimum Gasteiger partial charge on any atom is -0.378 e. The molecule has 0 spiro atoms. The van der Waals surface area contributed by atoms with E-state index in [1.54, 1.807) is 0 Å². The molecule has 20 heavy (non-hydrogen) atoms. The maximum atomic E-state index is 6.28. The normalized spacial score (nSPS) is 20.2. The highest BCUT2D eigenvalue weighted by atomic mass is 35.5. The molecule has 1 aromatic carbocycles. The van der Waals surface area contributed by atoms with Crippen LogP contribution in [-0.4, -0.2) is 25.3 Å². The second-order valence-corrected chi connectivity index (χ2v) is 6.07. The molecule has 3 heteroatoms. The van der Waals surface area contributed by atoms with E-state index < -0.39 is 0 Å². The Bertz CT molecular complexity index is 390. The lowest BCUT2D eigenvalue weighted by Crippen LogP contribution is -2.32. The van der Waals surface area contributed by atoms with Crippen LogP contribution < -0.4 is 5.32 Å². The molecule has 1 aliphatic heterocycles. The van der Waals surface area contributed by atoms with Crippen LogP contribution in [0.4, 0.5) is 0 Å². The summed E-state index contributed by atoms with van der Waals surface area (Å²) in [5, 5.41) is 4.54. The van der Waals surface area contributed by atoms with Crippen LogP contribution in [0.2, 0.25) is 5.02 Å². The third-order valence-electron chi connectivity index (χ3n) is 3.97. The van der Waals surface area contributed by atoms with E-state index in [4.69, 9.17) is 16.3 Å². The number of rotatable bonds is 8. The van der Waals surface area contributed by atoms with Crippen LogP contribution in [0.1, 0.15) is 44.6 Å². The molecule has 0 saturated carbocycles. The monoisotopic (exact) mass is 295 g/mol. The van der Waals surface area contributed by atoms with Crippen molar-refractivity contribution < 1.29 is 4.74 Å². The number of benzene rings is 1. The fourth-order valence-electron chi connectivity index (χ4n) is 2.81. The first-order chi connectivity index (χ1) is 9.79. The molecule has 2 rings (SSSR count). The Hall–Kier alpha value is -0.570. The van der Waals surface area contributed by atoms with Crippen molar-refractivity contribution in [2.75, 3.05) is 13.2 Å². The first-order valence-corrected chi connectivity index (χ1v) is 8.25. The Labute approximate surface area is 127 Å². The van der Waals surface area contributed by atoms with Gasteiger partial charge in [0, 0.05) is 17.7 Å². The van der Waals surface area contributed by atoms with Gasteiger partial charge in [0.05, 0.1) is 6.10 Å². The van der Waals surface area contributed by atoms with Crippen molar-refractivity contribution >= 4 is 11.6 Å². The zero-order valence-corrected chi connectivity index (χ0v) is 13.2. The third-order valence-corrected chi connectivity index (χ3v) is 4.34. The number of hydrogen-bond donors (Lipinski definition) is 1. The Morgan fingerprint density at radius 3 is 2.95 bits per heavy atom. The Balaban J connectivity index is 1.87. The summed E-state index contributed by atoms with van der Waals surface area (Å²) in [7, 11) is 0. The molecule has 1 fully saturated rings. The van der Waals surface area contributed by atoms with E-state index in [9.17, 15) is 0 Å². The van der Waals surface area contributed by atoms with Crippen LogP contribution in [0.5, 0.6) is 0 Å². The van der Waals surface area contributed by atoms with Crippen LogP contribution in [0.25, 0.3) is 0 Å². The van der Waals surface area contributed by atoms with Gasteiger partial charge < -0.3 is 10.1 Å². The maximum Gasteiger partial charge on any atom is 0.0576 e. The zero-order chi connectivity index (χ0) is 14.2. The van der Waals surface area contributed by atoms with Crippen molar-refractivity contribution in [3.63, 3.8) is 0 Å². The van der Waals surface area contributed by atoms with Gasteiger partial charge in [-0.1, -0.05) is 36.7 Å². The minimum absolute atomic E-state index is 0.479. The third kappa shape index (κ3) is 5.08. The topological polar surface area (TPSA) is 21.3 Å². The number of hydrogen-bond acceptors (Lipinski definition) is 2. The molecule has 1 saturated heterocycles. The van der Waals surface area contributed by atoms with Crippen molar-refractivity contribution in [3.05, 3.63) is 34.9 Å². The van der Waals surface area contributed by atoms with Gasteiger partial charge in [0.15, 0.2) is 0 Å². The highest BCUT2D eigenvalue weighted by Crippen LogP contribution is 2.21. The lowest BCUT2D eigenvalue weighted by Gasteiger charge is -2.21. The quantitative estimate of drug-likeness (QED) is 0.776. The highest BCUT2D eigenvalue weighted by Gasteiger charge is 2.18. The van der Waals surface area contributed by atoms with E-state index in [0.29, 0.717) is 12.1 Å². The summed E-state index contributed by atoms with van der Waals surface area (Å²) >= 11 is 6.28. The number of ether oxygens (including phenoxy) is 1. The van der Waals surface area contributed by atoms with Crippen molar-refractivity contribution in [2.45, 2.75) is 57.6 Å². The van der Waals surface area contributed by atoms with Gasteiger partial charge in [-0.3, -0.25) is 0 Å². The first-order valence-electron chi connectivity index (χ1n) is 7.88. The summed E-state index contributed by atoms with van der Waals surface area (Å²) in [4.78, 5) is 0. The predicted molar refractivity (Wildman–Crippen MR) is 85.4 cm³/mol. The fraction of sp³-hybridized carbons (Fsp3) is 0.647. The van der Waals surface area contributed by atoms with Crippen molar-refractivity contribution in [2.24, 2.45) is 0 Å². The number of nitrogens with one attached hydrogen (secondary N) is 1. The van der Waals surface area contributed by atoms with Crippen molar-refractivity contribution in [3.8, 4) is 0 Å². The molecule has 1 N–H and O–H groups in total. The average Bonchev–Trinajstić information content (AvgIpc) is 2.97. The average molecular weight is 296 g/mol. The highest BCUT2D eigenvalue weighted by molar-refractivity contribution is 6.31. The minimum atomic E-state index is 0.479. The lowest BCUT2D eigenvalue weighted by atomic mass is 9.99. The summed E-state index contributed by atoms with van der Waals surface area (Å²) in [6, 6.07) is 8.67. The predicted octanol–water partition coefficient (Wildman–Crippen LogP) is 4.21. The number of halogens is 1. The standard InChI is InChI=1S/C17H26ClNO/c1-2-11-19-15(9-10-16-7-5-12-20-16)13-14-6-3-4-8-17(14)18/h3-4,6,8,15-16,19H,2,5,7,9-13H2,1H3. The molecule has 2 nitrogen and oxygen atoms in total. The Kier molecular flexibility index (Phi) is 6.85. The molecule has 1 aliphatic rings. The Morgan fingerprint density at radius 1 is 1.40 bits per heavy atom. The molecule has 0 amide bonds.